The average Bonchev–Trinajstić information content (AvgIpc) is 2.89. The molecule has 0 saturated carbocycles. The number of nitrogens with zero attached hydrogens (tertiary/aromatic N) is 3. The highest BCUT2D eigenvalue weighted by Crippen LogP contribution is 2.13. The molecule has 4 nitrogen and oxygen atoms in total. The lowest BCUT2D eigenvalue weighted by atomic mass is 10.1. The maximum atomic E-state index is 4.47. The topological polar surface area (TPSA) is 54.5 Å². The van der Waals surface area contributed by atoms with E-state index in [0.29, 0.717) is 5.82 Å². The number of aromatic amines is 1. The van der Waals surface area contributed by atoms with Gasteiger partial charge in [-0.15, -0.1) is 0 Å². The molecule has 0 aliphatic rings. The molecule has 0 amide bonds. The van der Waals surface area contributed by atoms with Crippen LogP contribution in [0.2, 0.25) is 0 Å². The molecule has 88 valence electrons. The van der Waals surface area contributed by atoms with Gasteiger partial charge in [0.1, 0.15) is 5.82 Å². The van der Waals surface area contributed by atoms with Crippen LogP contribution in [-0.4, -0.2) is 20.2 Å². The number of aromatic nitrogens is 4. The van der Waals surface area contributed by atoms with E-state index >= 15 is 0 Å². The minimum Gasteiger partial charge on any atom is -0.264 e. The molecule has 2 heterocycles. The molecular weight excluding hydrogens is 224 g/mol. The fraction of sp³-hybridized carbons (Fsp3) is 0.0714. The maximum Gasteiger partial charge on any atom is 0.182 e. The normalized spacial score (nSPS) is 10.4. The first-order valence-electron chi connectivity index (χ1n) is 5.77. The summed E-state index contributed by atoms with van der Waals surface area (Å²) in [5.74, 6) is 1.55. The van der Waals surface area contributed by atoms with Crippen molar-refractivity contribution < 1.29 is 0 Å². The van der Waals surface area contributed by atoms with Crippen molar-refractivity contribution in [3.8, 4) is 11.4 Å². The smallest absolute Gasteiger partial charge is 0.182 e. The van der Waals surface area contributed by atoms with Crippen molar-refractivity contribution in [3.63, 3.8) is 0 Å². The molecular formula is C14H12N4. The second kappa shape index (κ2) is 4.79. The summed E-state index contributed by atoms with van der Waals surface area (Å²) in [6, 6.07) is 14.0. The predicted octanol–water partition coefficient (Wildman–Crippen LogP) is 2.46. The van der Waals surface area contributed by atoms with Gasteiger partial charge in [0.15, 0.2) is 5.82 Å². The van der Waals surface area contributed by atoms with Gasteiger partial charge in [-0.05, 0) is 17.7 Å². The number of benzene rings is 1. The van der Waals surface area contributed by atoms with Crippen LogP contribution >= 0.6 is 0 Å². The lowest BCUT2D eigenvalue weighted by Gasteiger charge is -1.95. The number of nitrogens with one attached hydrogen (secondary N) is 1. The Morgan fingerprint density at radius 1 is 1.00 bits per heavy atom. The second-order valence-corrected chi connectivity index (χ2v) is 4.01. The number of hydrogen-bond acceptors (Lipinski definition) is 3. The third kappa shape index (κ3) is 2.27. The number of H-pyrrole nitrogens is 1. The van der Waals surface area contributed by atoms with Crippen LogP contribution in [0.4, 0.5) is 0 Å². The van der Waals surface area contributed by atoms with Crippen molar-refractivity contribution in [2.75, 3.05) is 0 Å². The molecule has 1 aromatic carbocycles. The van der Waals surface area contributed by atoms with Gasteiger partial charge in [-0.1, -0.05) is 30.3 Å². The van der Waals surface area contributed by atoms with Crippen molar-refractivity contribution >= 4 is 0 Å². The van der Waals surface area contributed by atoms with Crippen LogP contribution in [0.1, 0.15) is 11.4 Å². The van der Waals surface area contributed by atoms with Crippen molar-refractivity contribution in [2.45, 2.75) is 6.42 Å². The molecule has 0 radical (unpaired) electrons. The van der Waals surface area contributed by atoms with Crippen molar-refractivity contribution in [1.82, 2.24) is 20.2 Å². The molecule has 3 aromatic rings. The van der Waals surface area contributed by atoms with E-state index in [1.54, 1.807) is 12.4 Å². The Hall–Kier alpha value is -2.49. The Bertz CT molecular complexity index is 617. The molecule has 1 N–H and O–H groups in total. The van der Waals surface area contributed by atoms with Gasteiger partial charge in [-0.3, -0.25) is 10.1 Å². The van der Waals surface area contributed by atoms with Crippen LogP contribution in [0.25, 0.3) is 11.4 Å². The van der Waals surface area contributed by atoms with Gasteiger partial charge in [0, 0.05) is 24.4 Å². The van der Waals surface area contributed by atoms with E-state index in [-0.39, 0.29) is 0 Å². The summed E-state index contributed by atoms with van der Waals surface area (Å²) >= 11 is 0. The van der Waals surface area contributed by atoms with E-state index in [4.69, 9.17) is 0 Å². The van der Waals surface area contributed by atoms with Crippen molar-refractivity contribution in [3.05, 3.63) is 66.2 Å². The van der Waals surface area contributed by atoms with E-state index in [1.807, 2.05) is 30.3 Å². The largest absolute Gasteiger partial charge is 0.264 e. The first-order chi connectivity index (χ1) is 8.92. The SMILES string of the molecule is c1ccc(Cc2nc(-c3cccnc3)n[nH]2)cc1. The molecule has 0 fully saturated rings. The molecule has 0 spiro atoms. The van der Waals surface area contributed by atoms with Crippen LogP contribution in [0.3, 0.4) is 0 Å². The highest BCUT2D eigenvalue weighted by molar-refractivity contribution is 5.52. The molecule has 0 unspecified atom stereocenters. The monoisotopic (exact) mass is 236 g/mol. The summed E-state index contributed by atoms with van der Waals surface area (Å²) in [6.45, 7) is 0. The van der Waals surface area contributed by atoms with Crippen molar-refractivity contribution in [2.24, 2.45) is 0 Å². The zero-order chi connectivity index (χ0) is 12.2. The lowest BCUT2D eigenvalue weighted by molar-refractivity contribution is 0.972. The highest BCUT2D eigenvalue weighted by Gasteiger charge is 2.05. The Kier molecular flexibility index (Phi) is 2.84. The van der Waals surface area contributed by atoms with Crippen molar-refractivity contribution in [1.29, 1.82) is 0 Å². The van der Waals surface area contributed by atoms with E-state index in [1.165, 1.54) is 5.56 Å². The van der Waals surface area contributed by atoms with Crippen LogP contribution in [0.5, 0.6) is 0 Å². The average molecular weight is 236 g/mol. The third-order valence-electron chi connectivity index (χ3n) is 2.67. The van der Waals surface area contributed by atoms with Gasteiger partial charge < -0.3 is 0 Å². The fourth-order valence-corrected chi connectivity index (χ4v) is 1.79. The predicted molar refractivity (Wildman–Crippen MR) is 68.9 cm³/mol. The molecule has 18 heavy (non-hydrogen) atoms. The van der Waals surface area contributed by atoms with Gasteiger partial charge >= 0.3 is 0 Å². The number of rotatable bonds is 3. The van der Waals surface area contributed by atoms with Crippen LogP contribution in [-0.2, 0) is 6.42 Å². The summed E-state index contributed by atoms with van der Waals surface area (Å²) in [4.78, 5) is 8.53. The molecule has 0 aliphatic carbocycles. The highest BCUT2D eigenvalue weighted by atomic mass is 15.2. The summed E-state index contributed by atoms with van der Waals surface area (Å²) in [5, 5.41) is 7.17. The van der Waals surface area contributed by atoms with E-state index in [9.17, 15) is 0 Å². The van der Waals surface area contributed by atoms with Gasteiger partial charge in [-0.2, -0.15) is 5.10 Å². The van der Waals surface area contributed by atoms with E-state index < -0.39 is 0 Å². The first-order valence-corrected chi connectivity index (χ1v) is 5.77. The molecule has 0 aliphatic heterocycles. The Balaban J connectivity index is 1.82. The third-order valence-corrected chi connectivity index (χ3v) is 2.67. The Morgan fingerprint density at radius 3 is 2.67 bits per heavy atom. The number of hydrogen-bond donors (Lipinski definition) is 1. The standard InChI is InChI=1S/C14H12N4/c1-2-5-11(6-3-1)9-13-16-14(18-17-13)12-7-4-8-15-10-12/h1-8,10H,9H2,(H,16,17,18). The number of pyridine rings is 1. The fourth-order valence-electron chi connectivity index (χ4n) is 1.79. The quantitative estimate of drug-likeness (QED) is 0.760. The van der Waals surface area contributed by atoms with Crippen LogP contribution < -0.4 is 0 Å². The zero-order valence-electron chi connectivity index (χ0n) is 9.74. The summed E-state index contributed by atoms with van der Waals surface area (Å²) in [5.41, 5.74) is 2.14. The second-order valence-electron chi connectivity index (χ2n) is 4.01. The minimum atomic E-state index is 0.689. The Morgan fingerprint density at radius 2 is 1.89 bits per heavy atom. The van der Waals surface area contributed by atoms with Gasteiger partial charge in [0.05, 0.1) is 0 Å². The summed E-state index contributed by atoms with van der Waals surface area (Å²) in [7, 11) is 0. The maximum absolute atomic E-state index is 4.47. The summed E-state index contributed by atoms with van der Waals surface area (Å²) < 4.78 is 0. The molecule has 0 atom stereocenters. The van der Waals surface area contributed by atoms with Gasteiger partial charge in [0.2, 0.25) is 0 Å². The van der Waals surface area contributed by atoms with Crippen LogP contribution in [0, 0.1) is 0 Å². The van der Waals surface area contributed by atoms with E-state index in [2.05, 4.69) is 32.3 Å². The van der Waals surface area contributed by atoms with Crippen LogP contribution in [0.15, 0.2) is 54.9 Å². The molecule has 4 heteroatoms. The molecule has 0 saturated heterocycles. The van der Waals surface area contributed by atoms with Gasteiger partial charge in [0.25, 0.3) is 0 Å². The Labute approximate surface area is 105 Å². The molecule has 0 bridgehead atoms. The first kappa shape index (κ1) is 10.7. The van der Waals surface area contributed by atoms with E-state index in [0.717, 1.165) is 17.8 Å². The van der Waals surface area contributed by atoms with Gasteiger partial charge in [-0.25, -0.2) is 4.98 Å². The minimum absolute atomic E-state index is 0.689. The zero-order valence-corrected chi connectivity index (χ0v) is 9.74. The molecule has 3 rings (SSSR count). The summed E-state index contributed by atoms with van der Waals surface area (Å²) in [6.07, 6.45) is 4.25. The lowest BCUT2D eigenvalue weighted by Crippen LogP contribution is -1.90. The molecule has 2 aromatic heterocycles.